The summed E-state index contributed by atoms with van der Waals surface area (Å²) in [5.41, 5.74) is 8.12. The summed E-state index contributed by atoms with van der Waals surface area (Å²) in [5.74, 6) is -0.591. The molecule has 2 aromatic carbocycles. The first-order valence-electron chi connectivity index (χ1n) is 10.4. The van der Waals surface area contributed by atoms with Gasteiger partial charge in [-0.05, 0) is 67.6 Å². The van der Waals surface area contributed by atoms with Crippen LogP contribution in [0.2, 0.25) is 0 Å². The Morgan fingerprint density at radius 3 is 2.59 bits per heavy atom. The van der Waals surface area contributed by atoms with Crippen molar-refractivity contribution < 1.29 is 27.8 Å². The van der Waals surface area contributed by atoms with Crippen molar-refractivity contribution in [3.8, 4) is 5.75 Å². The van der Waals surface area contributed by atoms with Crippen molar-refractivity contribution >= 4 is 22.5 Å². The number of amides is 1. The van der Waals surface area contributed by atoms with E-state index >= 15 is 0 Å². The molecule has 4 rings (SSSR count). The third-order valence-electron chi connectivity index (χ3n) is 5.66. The van der Waals surface area contributed by atoms with Crippen LogP contribution in [0.25, 0.3) is 10.9 Å². The highest BCUT2D eigenvalue weighted by Gasteiger charge is 2.31. The van der Waals surface area contributed by atoms with Gasteiger partial charge < -0.3 is 25.5 Å². The molecule has 0 radical (unpaired) electrons. The van der Waals surface area contributed by atoms with Crippen LogP contribution in [-0.4, -0.2) is 34.1 Å². The van der Waals surface area contributed by atoms with Crippen LogP contribution in [0.4, 0.5) is 18.9 Å². The Bertz CT molecular complexity index is 1120. The minimum Gasteiger partial charge on any atom is -0.406 e. The van der Waals surface area contributed by atoms with E-state index in [0.717, 1.165) is 10.9 Å². The van der Waals surface area contributed by atoms with E-state index in [1.165, 1.54) is 18.2 Å². The van der Waals surface area contributed by atoms with Gasteiger partial charge in [-0.25, -0.2) is 0 Å². The normalized spacial score (nSPS) is 19.1. The summed E-state index contributed by atoms with van der Waals surface area (Å²) in [5, 5.41) is 13.5. The minimum atomic E-state index is -4.78. The maximum Gasteiger partial charge on any atom is 0.573 e. The summed E-state index contributed by atoms with van der Waals surface area (Å²) >= 11 is 0. The number of hydrogen-bond acceptors (Lipinski definition) is 4. The highest BCUT2D eigenvalue weighted by molar-refractivity contribution is 5.99. The van der Waals surface area contributed by atoms with Crippen LogP contribution in [0.15, 0.2) is 48.5 Å². The van der Waals surface area contributed by atoms with E-state index in [1.54, 1.807) is 34.9 Å². The second-order valence-electron chi connectivity index (χ2n) is 8.11. The van der Waals surface area contributed by atoms with Crippen LogP contribution in [0, 0.1) is 0 Å². The molecule has 1 saturated carbocycles. The van der Waals surface area contributed by atoms with E-state index in [2.05, 4.69) is 10.1 Å². The number of carbonyl (C=O) groups excluding carboxylic acids is 1. The summed E-state index contributed by atoms with van der Waals surface area (Å²) < 4.78 is 43.6. The number of rotatable bonds is 5. The monoisotopic (exact) mass is 447 g/mol. The van der Waals surface area contributed by atoms with Crippen molar-refractivity contribution in [2.24, 2.45) is 0 Å². The number of nitrogens with zero attached hydrogens (tertiary/aromatic N) is 1. The molecular formula is C23H24F3N3O3. The number of anilines is 1. The third kappa shape index (κ3) is 5.16. The maximum absolute atomic E-state index is 13.1. The zero-order valence-electron chi connectivity index (χ0n) is 17.2. The van der Waals surface area contributed by atoms with Gasteiger partial charge in [0.15, 0.2) is 0 Å². The molecule has 0 unspecified atom stereocenters. The average molecular weight is 447 g/mol. The number of nitrogen functional groups attached to an aromatic ring is 1. The molecular weight excluding hydrogens is 423 g/mol. The maximum atomic E-state index is 13.1. The van der Waals surface area contributed by atoms with E-state index in [-0.39, 0.29) is 30.3 Å². The Morgan fingerprint density at radius 2 is 1.88 bits per heavy atom. The van der Waals surface area contributed by atoms with E-state index in [1.807, 2.05) is 0 Å². The van der Waals surface area contributed by atoms with Gasteiger partial charge in [0.2, 0.25) is 0 Å². The summed E-state index contributed by atoms with van der Waals surface area (Å²) in [7, 11) is 0. The first-order valence-corrected chi connectivity index (χ1v) is 10.4. The quantitative estimate of drug-likeness (QED) is 0.512. The van der Waals surface area contributed by atoms with Crippen LogP contribution in [0.1, 0.15) is 41.7 Å². The molecule has 0 spiro atoms. The minimum absolute atomic E-state index is 0.0362. The zero-order chi connectivity index (χ0) is 22.9. The fourth-order valence-electron chi connectivity index (χ4n) is 4.15. The lowest BCUT2D eigenvalue weighted by Crippen LogP contribution is -2.39. The number of alkyl halides is 3. The highest BCUT2D eigenvalue weighted by atomic mass is 19.4. The Kier molecular flexibility index (Phi) is 6.01. The molecule has 170 valence electrons. The van der Waals surface area contributed by atoms with E-state index in [9.17, 15) is 23.1 Å². The van der Waals surface area contributed by atoms with Gasteiger partial charge in [-0.15, -0.1) is 13.2 Å². The second-order valence-corrected chi connectivity index (χ2v) is 8.11. The molecule has 0 saturated heterocycles. The number of carbonyl (C=O) groups is 1. The molecule has 1 aromatic heterocycles. The Morgan fingerprint density at radius 1 is 1.12 bits per heavy atom. The number of nitrogens with two attached hydrogens (primary N) is 1. The predicted molar refractivity (Wildman–Crippen MR) is 114 cm³/mol. The summed E-state index contributed by atoms with van der Waals surface area (Å²) in [6, 6.07) is 12.6. The van der Waals surface area contributed by atoms with Crippen LogP contribution in [0.5, 0.6) is 5.75 Å². The molecule has 0 atom stereocenters. The van der Waals surface area contributed by atoms with Gasteiger partial charge in [-0.1, -0.05) is 12.1 Å². The summed E-state index contributed by atoms with van der Waals surface area (Å²) in [6.07, 6.45) is -2.46. The van der Waals surface area contributed by atoms with Crippen molar-refractivity contribution in [3.63, 3.8) is 0 Å². The number of aliphatic hydroxyl groups is 1. The number of hydrogen-bond donors (Lipinski definition) is 3. The molecule has 1 amide bonds. The number of halogens is 3. The number of aromatic nitrogens is 1. The highest BCUT2D eigenvalue weighted by Crippen LogP contribution is 2.27. The van der Waals surface area contributed by atoms with Crippen LogP contribution < -0.4 is 15.8 Å². The third-order valence-corrected chi connectivity index (χ3v) is 5.66. The standard InChI is InChI=1S/C23H24F3N3O3/c24-23(25,26)32-19-3-1-2-14(10-19)13-29-20-9-4-16(27)11-15(20)12-21(29)22(31)28-17-5-7-18(30)8-6-17/h1-4,9-12,17-18,30H,5-8,13,27H2,(H,28,31). The lowest BCUT2D eigenvalue weighted by Gasteiger charge is -2.26. The molecule has 6 nitrogen and oxygen atoms in total. The molecule has 9 heteroatoms. The molecule has 0 bridgehead atoms. The van der Waals surface area contributed by atoms with E-state index < -0.39 is 6.36 Å². The topological polar surface area (TPSA) is 89.5 Å². The van der Waals surface area contributed by atoms with E-state index in [4.69, 9.17) is 5.73 Å². The smallest absolute Gasteiger partial charge is 0.406 e. The second kappa shape index (κ2) is 8.74. The van der Waals surface area contributed by atoms with Crippen LogP contribution >= 0.6 is 0 Å². The van der Waals surface area contributed by atoms with Crippen LogP contribution in [0.3, 0.4) is 0 Å². The van der Waals surface area contributed by atoms with Gasteiger partial charge in [0.05, 0.1) is 6.10 Å². The molecule has 3 aromatic rings. The largest absolute Gasteiger partial charge is 0.573 e. The first kappa shape index (κ1) is 22.0. The first-order chi connectivity index (χ1) is 15.2. The number of benzene rings is 2. The average Bonchev–Trinajstić information content (AvgIpc) is 3.06. The zero-order valence-corrected chi connectivity index (χ0v) is 17.2. The number of ether oxygens (including phenoxy) is 1. The molecule has 1 aliphatic carbocycles. The molecule has 1 heterocycles. The van der Waals surface area contributed by atoms with Gasteiger partial charge in [0.25, 0.3) is 5.91 Å². The number of fused-ring (bicyclic) bond motifs is 1. The SMILES string of the molecule is Nc1ccc2c(c1)cc(C(=O)NC1CCC(O)CC1)n2Cc1cccc(OC(F)(F)F)c1. The Balaban J connectivity index is 1.64. The van der Waals surface area contributed by atoms with Crippen molar-refractivity contribution in [1.82, 2.24) is 9.88 Å². The van der Waals surface area contributed by atoms with Gasteiger partial charge >= 0.3 is 6.36 Å². The van der Waals surface area contributed by atoms with E-state index in [0.29, 0.717) is 42.6 Å². The fraction of sp³-hybridized carbons (Fsp3) is 0.348. The lowest BCUT2D eigenvalue weighted by atomic mass is 9.93. The molecule has 1 fully saturated rings. The molecule has 0 aliphatic heterocycles. The van der Waals surface area contributed by atoms with Gasteiger partial charge in [-0.3, -0.25) is 4.79 Å². The van der Waals surface area contributed by atoms with Crippen molar-refractivity contribution in [2.45, 2.75) is 50.7 Å². The van der Waals surface area contributed by atoms with Gasteiger partial charge in [0.1, 0.15) is 11.4 Å². The summed E-state index contributed by atoms with van der Waals surface area (Å²) in [6.45, 7) is 0.175. The van der Waals surface area contributed by atoms with Crippen molar-refractivity contribution in [1.29, 1.82) is 0 Å². The fourth-order valence-corrected chi connectivity index (χ4v) is 4.15. The number of nitrogens with one attached hydrogen (secondary N) is 1. The van der Waals surface area contributed by atoms with Gasteiger partial charge in [-0.2, -0.15) is 0 Å². The lowest BCUT2D eigenvalue weighted by molar-refractivity contribution is -0.274. The predicted octanol–water partition coefficient (Wildman–Crippen LogP) is 4.20. The van der Waals surface area contributed by atoms with Crippen molar-refractivity contribution in [2.75, 3.05) is 5.73 Å². The molecule has 1 aliphatic rings. The van der Waals surface area contributed by atoms with Crippen LogP contribution in [-0.2, 0) is 6.54 Å². The number of aliphatic hydroxyl groups excluding tert-OH is 1. The molecule has 32 heavy (non-hydrogen) atoms. The Hall–Kier alpha value is -3.20. The Labute approximate surface area is 182 Å². The summed E-state index contributed by atoms with van der Waals surface area (Å²) in [4.78, 5) is 13.1. The van der Waals surface area contributed by atoms with Gasteiger partial charge in [0, 0.05) is 29.2 Å². The van der Waals surface area contributed by atoms with Crippen molar-refractivity contribution in [3.05, 3.63) is 59.8 Å². The molecule has 4 N–H and O–H groups in total.